The summed E-state index contributed by atoms with van der Waals surface area (Å²) in [4.78, 5) is 22.9. The smallest absolute Gasteiger partial charge is 0.277 e. The van der Waals surface area contributed by atoms with Crippen molar-refractivity contribution in [3.05, 3.63) is 64.2 Å². The standard InChI is InChI=1S/C18H11NO3/c1-10(20)15-9-16(19(21)22)14-8-6-12-4-2-3-11-5-7-13(15)18(14)17(11)12/h2-9H,1H3. The second-order valence-electron chi connectivity index (χ2n) is 5.44. The average molecular weight is 289 g/mol. The van der Waals surface area contributed by atoms with Gasteiger partial charge in [0.2, 0.25) is 0 Å². The molecule has 0 aromatic heterocycles. The van der Waals surface area contributed by atoms with Crippen molar-refractivity contribution in [2.75, 3.05) is 0 Å². The van der Waals surface area contributed by atoms with E-state index < -0.39 is 4.92 Å². The molecule has 0 saturated carbocycles. The van der Waals surface area contributed by atoms with Crippen LogP contribution in [-0.2, 0) is 0 Å². The Balaban J connectivity index is 2.39. The number of non-ortho nitro benzene ring substituents is 1. The van der Waals surface area contributed by atoms with Crippen LogP contribution >= 0.6 is 0 Å². The highest BCUT2D eigenvalue weighted by atomic mass is 16.6. The lowest BCUT2D eigenvalue weighted by atomic mass is 9.90. The van der Waals surface area contributed by atoms with Crippen LogP contribution in [0.15, 0.2) is 48.5 Å². The summed E-state index contributed by atoms with van der Waals surface area (Å²) in [6, 6.07) is 14.8. The molecule has 4 aromatic carbocycles. The topological polar surface area (TPSA) is 60.2 Å². The van der Waals surface area contributed by atoms with Crippen molar-refractivity contribution in [1.82, 2.24) is 0 Å². The molecule has 0 spiro atoms. The number of benzene rings is 4. The number of hydrogen-bond acceptors (Lipinski definition) is 3. The number of nitro benzene ring substituents is 1. The van der Waals surface area contributed by atoms with Crippen LogP contribution in [0.4, 0.5) is 5.69 Å². The number of rotatable bonds is 2. The molecule has 0 fully saturated rings. The molecule has 106 valence electrons. The molecule has 22 heavy (non-hydrogen) atoms. The van der Waals surface area contributed by atoms with Crippen LogP contribution in [0.5, 0.6) is 0 Å². The van der Waals surface area contributed by atoms with E-state index >= 15 is 0 Å². The van der Waals surface area contributed by atoms with Crippen molar-refractivity contribution in [3.63, 3.8) is 0 Å². The van der Waals surface area contributed by atoms with Gasteiger partial charge >= 0.3 is 0 Å². The van der Waals surface area contributed by atoms with Gasteiger partial charge in [-0.05, 0) is 34.5 Å². The van der Waals surface area contributed by atoms with E-state index in [4.69, 9.17) is 0 Å². The van der Waals surface area contributed by atoms with Gasteiger partial charge in [-0.15, -0.1) is 0 Å². The van der Waals surface area contributed by atoms with E-state index in [0.717, 1.165) is 26.9 Å². The zero-order valence-electron chi connectivity index (χ0n) is 11.8. The number of ketones is 1. The van der Waals surface area contributed by atoms with E-state index in [1.54, 1.807) is 6.07 Å². The predicted molar refractivity (Wildman–Crippen MR) is 86.8 cm³/mol. The molecule has 4 heteroatoms. The first-order chi connectivity index (χ1) is 10.6. The lowest BCUT2D eigenvalue weighted by Gasteiger charge is -2.13. The molecule has 0 atom stereocenters. The third-order valence-electron chi connectivity index (χ3n) is 4.20. The molecule has 4 aromatic rings. The first-order valence-corrected chi connectivity index (χ1v) is 6.94. The lowest BCUT2D eigenvalue weighted by molar-refractivity contribution is -0.383. The Morgan fingerprint density at radius 1 is 0.955 bits per heavy atom. The zero-order chi connectivity index (χ0) is 15.4. The van der Waals surface area contributed by atoms with E-state index in [1.165, 1.54) is 13.0 Å². The number of carbonyl (C=O) groups is 1. The second kappa shape index (κ2) is 4.24. The van der Waals surface area contributed by atoms with Crippen LogP contribution in [0.25, 0.3) is 32.3 Å². The maximum atomic E-state index is 11.9. The van der Waals surface area contributed by atoms with Gasteiger partial charge in [0.05, 0.1) is 10.3 Å². The largest absolute Gasteiger partial charge is 0.294 e. The van der Waals surface area contributed by atoms with Gasteiger partial charge in [0.15, 0.2) is 5.78 Å². The fourth-order valence-corrected chi connectivity index (χ4v) is 3.26. The van der Waals surface area contributed by atoms with Crippen LogP contribution < -0.4 is 0 Å². The fraction of sp³-hybridized carbons (Fsp3) is 0.0556. The normalized spacial score (nSPS) is 11.5. The van der Waals surface area contributed by atoms with Crippen LogP contribution in [0.1, 0.15) is 17.3 Å². The first kappa shape index (κ1) is 12.7. The summed E-state index contributed by atoms with van der Waals surface area (Å²) in [7, 11) is 0. The number of Topliss-reactive ketones (excluding diaryl/α,β-unsaturated/α-hetero) is 1. The molecular weight excluding hydrogens is 278 g/mol. The van der Waals surface area contributed by atoms with E-state index in [9.17, 15) is 14.9 Å². The number of nitro groups is 1. The van der Waals surface area contributed by atoms with Gasteiger partial charge < -0.3 is 0 Å². The molecule has 0 unspecified atom stereocenters. The van der Waals surface area contributed by atoms with Gasteiger partial charge in [-0.1, -0.05) is 36.4 Å². The average Bonchev–Trinajstić information content (AvgIpc) is 2.51. The third-order valence-corrected chi connectivity index (χ3v) is 4.20. The second-order valence-corrected chi connectivity index (χ2v) is 5.44. The van der Waals surface area contributed by atoms with Gasteiger partial charge in [0.25, 0.3) is 5.69 Å². The van der Waals surface area contributed by atoms with Gasteiger partial charge in [0.1, 0.15) is 0 Å². The SMILES string of the molecule is CC(=O)c1cc([N+](=O)[O-])c2ccc3cccc4ccc1c2c43. The predicted octanol–water partition coefficient (Wildman–Crippen LogP) is 4.69. The van der Waals surface area contributed by atoms with Gasteiger partial charge in [-0.25, -0.2) is 0 Å². The minimum atomic E-state index is -0.418. The molecule has 0 heterocycles. The highest BCUT2D eigenvalue weighted by Crippen LogP contribution is 2.40. The molecule has 0 aliphatic rings. The van der Waals surface area contributed by atoms with Gasteiger partial charge in [-0.3, -0.25) is 14.9 Å². The molecule has 0 radical (unpaired) electrons. The van der Waals surface area contributed by atoms with Crippen LogP contribution in [0.2, 0.25) is 0 Å². The fourth-order valence-electron chi connectivity index (χ4n) is 3.26. The van der Waals surface area contributed by atoms with Crippen molar-refractivity contribution < 1.29 is 9.72 Å². The van der Waals surface area contributed by atoms with E-state index in [1.807, 2.05) is 36.4 Å². The maximum absolute atomic E-state index is 11.9. The summed E-state index contributed by atoms with van der Waals surface area (Å²) < 4.78 is 0. The summed E-state index contributed by atoms with van der Waals surface area (Å²) in [6.07, 6.45) is 0. The number of hydrogen-bond donors (Lipinski definition) is 0. The monoisotopic (exact) mass is 289 g/mol. The molecule has 4 rings (SSSR count). The molecular formula is C18H11NO3. The molecule has 0 aliphatic heterocycles. The van der Waals surface area contributed by atoms with Crippen molar-refractivity contribution in [2.45, 2.75) is 6.92 Å². The quantitative estimate of drug-likeness (QED) is 0.233. The van der Waals surface area contributed by atoms with Gasteiger partial charge in [-0.2, -0.15) is 0 Å². The Morgan fingerprint density at radius 2 is 1.59 bits per heavy atom. The van der Waals surface area contributed by atoms with E-state index in [-0.39, 0.29) is 11.5 Å². The van der Waals surface area contributed by atoms with Crippen LogP contribution in [0.3, 0.4) is 0 Å². The zero-order valence-corrected chi connectivity index (χ0v) is 11.8. The molecule has 4 nitrogen and oxygen atoms in total. The van der Waals surface area contributed by atoms with E-state index in [0.29, 0.717) is 10.9 Å². The lowest BCUT2D eigenvalue weighted by Crippen LogP contribution is -1.99. The van der Waals surface area contributed by atoms with Crippen LogP contribution in [0, 0.1) is 10.1 Å². The Morgan fingerprint density at radius 3 is 2.18 bits per heavy atom. The highest BCUT2D eigenvalue weighted by molar-refractivity contribution is 6.28. The first-order valence-electron chi connectivity index (χ1n) is 6.94. The molecule has 0 amide bonds. The summed E-state index contributed by atoms with van der Waals surface area (Å²) in [5.74, 6) is -0.166. The minimum Gasteiger partial charge on any atom is -0.294 e. The summed E-state index contributed by atoms with van der Waals surface area (Å²) in [5, 5.41) is 16.6. The van der Waals surface area contributed by atoms with Gasteiger partial charge in [0, 0.05) is 17.0 Å². The highest BCUT2D eigenvalue weighted by Gasteiger charge is 2.21. The Kier molecular flexibility index (Phi) is 2.45. The van der Waals surface area contributed by atoms with Crippen molar-refractivity contribution in [3.8, 4) is 0 Å². The maximum Gasteiger partial charge on any atom is 0.277 e. The van der Waals surface area contributed by atoms with Crippen molar-refractivity contribution >= 4 is 43.8 Å². The Bertz CT molecular complexity index is 1000. The number of carbonyl (C=O) groups excluding carboxylic acids is 1. The summed E-state index contributed by atoms with van der Waals surface area (Å²) >= 11 is 0. The van der Waals surface area contributed by atoms with Crippen LogP contribution in [-0.4, -0.2) is 10.7 Å². The van der Waals surface area contributed by atoms with Crippen molar-refractivity contribution in [2.24, 2.45) is 0 Å². The Labute approximate surface area is 125 Å². The molecule has 0 saturated heterocycles. The molecule has 0 N–H and O–H groups in total. The summed E-state index contributed by atoms with van der Waals surface area (Å²) in [5.41, 5.74) is 0.383. The van der Waals surface area contributed by atoms with E-state index in [2.05, 4.69) is 0 Å². The van der Waals surface area contributed by atoms with Crippen molar-refractivity contribution in [1.29, 1.82) is 0 Å². The number of nitrogens with zero attached hydrogens (tertiary/aromatic N) is 1. The third kappa shape index (κ3) is 1.55. The summed E-state index contributed by atoms with van der Waals surface area (Å²) in [6.45, 7) is 1.44. The molecule has 0 aliphatic carbocycles. The molecule has 0 bridgehead atoms. The Hall–Kier alpha value is -3.01. The minimum absolute atomic E-state index is 0.0176.